The van der Waals surface area contributed by atoms with E-state index in [1.807, 2.05) is 0 Å². The lowest BCUT2D eigenvalue weighted by Crippen LogP contribution is -2.70. The highest BCUT2D eigenvalue weighted by Crippen LogP contribution is 2.46. The standard InChI is InChI=1S/C25H21N3O9S/c1-15-19(12-35-14-29)38-24-21(26-20(30)13-36-18-5-3-2-4-6-18)23(31)27(24)22(15)25(32)37-11-16-7-9-17(10-8-16)28(33)34/h2-10,12,14,21,24H,11,13H2,1H3,(H,26,30)/t21?,24-/m1/s1. The van der Waals surface area contributed by atoms with Crippen LogP contribution in [0.1, 0.15) is 12.5 Å². The first-order chi connectivity index (χ1) is 18.3. The quantitative estimate of drug-likeness (QED) is 0.119. The molecule has 2 aromatic carbocycles. The molecule has 0 radical (unpaired) electrons. The van der Waals surface area contributed by atoms with Gasteiger partial charge >= 0.3 is 5.97 Å². The number of nitro benzene ring substituents is 1. The van der Waals surface area contributed by atoms with Crippen LogP contribution in [0.2, 0.25) is 0 Å². The normalized spacial score (nSPS) is 19.2. The Morgan fingerprint density at radius 3 is 2.53 bits per heavy atom. The van der Waals surface area contributed by atoms with Gasteiger partial charge in [0, 0.05) is 17.0 Å². The third-order valence-electron chi connectivity index (χ3n) is 5.63. The van der Waals surface area contributed by atoms with Gasteiger partial charge in [0.2, 0.25) is 0 Å². The predicted molar refractivity (Wildman–Crippen MR) is 133 cm³/mol. The maximum atomic E-state index is 13.1. The number of para-hydroxylation sites is 1. The molecule has 1 fully saturated rings. The van der Waals surface area contributed by atoms with Crippen LogP contribution in [-0.2, 0) is 35.3 Å². The minimum atomic E-state index is -0.961. The van der Waals surface area contributed by atoms with E-state index < -0.39 is 34.1 Å². The molecule has 0 bridgehead atoms. The van der Waals surface area contributed by atoms with Crippen molar-refractivity contribution in [1.29, 1.82) is 0 Å². The molecule has 0 saturated carbocycles. The van der Waals surface area contributed by atoms with Crippen LogP contribution in [0.25, 0.3) is 0 Å². The van der Waals surface area contributed by atoms with Gasteiger partial charge in [-0.05, 0) is 42.3 Å². The van der Waals surface area contributed by atoms with Crippen LogP contribution in [0.3, 0.4) is 0 Å². The number of hydrogen-bond acceptors (Lipinski definition) is 10. The summed E-state index contributed by atoms with van der Waals surface area (Å²) in [6.45, 7) is 1.26. The summed E-state index contributed by atoms with van der Waals surface area (Å²) in [5.74, 6) is -1.39. The Morgan fingerprint density at radius 1 is 1.16 bits per heavy atom. The number of ether oxygens (including phenoxy) is 3. The fourth-order valence-electron chi connectivity index (χ4n) is 3.74. The Hall–Kier alpha value is -4.65. The molecule has 4 rings (SSSR count). The topological polar surface area (TPSA) is 154 Å². The van der Waals surface area contributed by atoms with Crippen molar-refractivity contribution in [3.05, 3.63) is 92.7 Å². The SMILES string of the molecule is CC1=C(C(=O)OCc2ccc([N+](=O)[O-])cc2)N2C(=O)C(NC(=O)COc3ccccc3)[C@H]2SC1=COC=O. The minimum Gasteiger partial charge on any atom is -0.484 e. The monoisotopic (exact) mass is 539 g/mol. The number of amides is 2. The Kier molecular flexibility index (Phi) is 8.06. The van der Waals surface area contributed by atoms with Crippen molar-refractivity contribution in [3.63, 3.8) is 0 Å². The maximum absolute atomic E-state index is 13.1. The van der Waals surface area contributed by atoms with Gasteiger partial charge in [0.1, 0.15) is 35.7 Å². The first-order valence-electron chi connectivity index (χ1n) is 11.2. The fourth-order valence-corrected chi connectivity index (χ4v) is 5.02. The molecule has 2 aromatic rings. The maximum Gasteiger partial charge on any atom is 0.355 e. The van der Waals surface area contributed by atoms with Crippen LogP contribution < -0.4 is 10.1 Å². The van der Waals surface area contributed by atoms with Gasteiger partial charge in [-0.2, -0.15) is 0 Å². The van der Waals surface area contributed by atoms with Crippen LogP contribution in [0, 0.1) is 10.1 Å². The zero-order chi connectivity index (χ0) is 27.2. The van der Waals surface area contributed by atoms with Crippen LogP contribution in [0.4, 0.5) is 5.69 Å². The number of β-lactam (4-membered cyclic amide) rings is 1. The molecule has 196 valence electrons. The third-order valence-corrected chi connectivity index (χ3v) is 7.01. The van der Waals surface area contributed by atoms with Crippen molar-refractivity contribution in [1.82, 2.24) is 10.2 Å². The summed E-state index contributed by atoms with van der Waals surface area (Å²) in [4.78, 5) is 61.2. The molecule has 0 spiro atoms. The Morgan fingerprint density at radius 2 is 1.87 bits per heavy atom. The van der Waals surface area contributed by atoms with Crippen molar-refractivity contribution >= 4 is 41.7 Å². The number of nitrogens with one attached hydrogen (secondary N) is 1. The molecular weight excluding hydrogens is 518 g/mol. The lowest BCUT2D eigenvalue weighted by atomic mass is 10.0. The summed E-state index contributed by atoms with van der Waals surface area (Å²) in [7, 11) is 0. The summed E-state index contributed by atoms with van der Waals surface area (Å²) < 4.78 is 15.6. The molecule has 2 atom stereocenters. The molecule has 12 nitrogen and oxygen atoms in total. The van der Waals surface area contributed by atoms with Gasteiger partial charge in [-0.25, -0.2) is 4.79 Å². The van der Waals surface area contributed by atoms with Gasteiger partial charge in [-0.15, -0.1) is 0 Å². The second-order valence-electron chi connectivity index (χ2n) is 8.05. The number of allylic oxidation sites excluding steroid dienone is 1. The molecule has 38 heavy (non-hydrogen) atoms. The van der Waals surface area contributed by atoms with E-state index in [4.69, 9.17) is 14.2 Å². The molecule has 0 aromatic heterocycles. The van der Waals surface area contributed by atoms with Crippen molar-refractivity contribution < 1.29 is 38.3 Å². The number of non-ortho nitro benzene ring substituents is 1. The summed E-state index contributed by atoms with van der Waals surface area (Å²) in [6.07, 6.45) is 1.15. The second kappa shape index (κ2) is 11.6. The van der Waals surface area contributed by atoms with E-state index in [1.54, 1.807) is 37.3 Å². The number of rotatable bonds is 10. The number of benzene rings is 2. The zero-order valence-electron chi connectivity index (χ0n) is 19.9. The number of nitro groups is 1. The lowest BCUT2D eigenvalue weighted by molar-refractivity contribution is -0.384. The Balaban J connectivity index is 1.46. The molecule has 2 aliphatic heterocycles. The summed E-state index contributed by atoms with van der Waals surface area (Å²) in [5.41, 5.74) is 0.673. The number of carbonyl (C=O) groups is 4. The van der Waals surface area contributed by atoms with Crippen LogP contribution in [-0.4, -0.2) is 52.1 Å². The van der Waals surface area contributed by atoms with E-state index >= 15 is 0 Å². The number of hydrogen-bond donors (Lipinski definition) is 1. The Bertz CT molecular complexity index is 1330. The van der Waals surface area contributed by atoms with Gasteiger partial charge in [-0.1, -0.05) is 30.0 Å². The lowest BCUT2D eigenvalue weighted by Gasteiger charge is -2.49. The summed E-state index contributed by atoms with van der Waals surface area (Å²) in [5, 5.41) is 12.7. The number of fused-ring (bicyclic) bond motifs is 1. The summed E-state index contributed by atoms with van der Waals surface area (Å²) in [6, 6.07) is 13.2. The Labute approximate surface area is 220 Å². The van der Waals surface area contributed by atoms with Gasteiger partial charge < -0.3 is 19.5 Å². The van der Waals surface area contributed by atoms with Gasteiger partial charge in [-0.3, -0.25) is 29.4 Å². The van der Waals surface area contributed by atoms with Crippen LogP contribution in [0.15, 0.2) is 77.0 Å². The molecule has 0 aliphatic carbocycles. The molecule has 1 saturated heterocycles. The fraction of sp³-hybridized carbons (Fsp3) is 0.200. The number of esters is 1. The van der Waals surface area contributed by atoms with Crippen molar-refractivity contribution in [3.8, 4) is 5.75 Å². The average Bonchev–Trinajstić information content (AvgIpc) is 2.93. The molecule has 13 heteroatoms. The summed E-state index contributed by atoms with van der Waals surface area (Å²) >= 11 is 1.13. The highest BCUT2D eigenvalue weighted by Gasteiger charge is 2.55. The molecule has 2 aliphatic rings. The van der Waals surface area contributed by atoms with E-state index in [1.165, 1.54) is 29.2 Å². The minimum absolute atomic E-state index is 0.0626. The highest BCUT2D eigenvalue weighted by atomic mass is 32.2. The van der Waals surface area contributed by atoms with Gasteiger partial charge in [0.05, 0.1) is 4.92 Å². The number of carbonyl (C=O) groups excluding carboxylic acids is 4. The largest absolute Gasteiger partial charge is 0.484 e. The average molecular weight is 540 g/mol. The highest BCUT2D eigenvalue weighted by molar-refractivity contribution is 8.04. The number of nitrogens with zero attached hydrogens (tertiary/aromatic N) is 2. The van der Waals surface area contributed by atoms with E-state index in [0.717, 1.165) is 18.0 Å². The van der Waals surface area contributed by atoms with Crippen LogP contribution >= 0.6 is 11.8 Å². The van der Waals surface area contributed by atoms with Gasteiger partial charge in [0.25, 0.3) is 24.0 Å². The van der Waals surface area contributed by atoms with E-state index in [2.05, 4.69) is 5.32 Å². The van der Waals surface area contributed by atoms with E-state index in [-0.39, 0.29) is 31.1 Å². The predicted octanol–water partition coefficient (Wildman–Crippen LogP) is 2.41. The van der Waals surface area contributed by atoms with Crippen LogP contribution in [0.5, 0.6) is 5.75 Å². The van der Waals surface area contributed by atoms with E-state index in [0.29, 0.717) is 21.8 Å². The first kappa shape index (κ1) is 26.4. The molecular formula is C25H21N3O9S. The number of thioether (sulfide) groups is 1. The van der Waals surface area contributed by atoms with Crippen molar-refractivity contribution in [2.75, 3.05) is 6.61 Å². The van der Waals surface area contributed by atoms with E-state index in [9.17, 15) is 29.3 Å². The molecule has 1 unspecified atom stereocenters. The zero-order valence-corrected chi connectivity index (χ0v) is 20.7. The van der Waals surface area contributed by atoms with Gasteiger partial charge in [0.15, 0.2) is 6.61 Å². The molecule has 2 amide bonds. The first-order valence-corrected chi connectivity index (χ1v) is 12.1. The van der Waals surface area contributed by atoms with Crippen molar-refractivity contribution in [2.24, 2.45) is 0 Å². The third kappa shape index (κ3) is 5.67. The molecule has 1 N–H and O–H groups in total. The smallest absolute Gasteiger partial charge is 0.355 e. The van der Waals surface area contributed by atoms with Crippen molar-refractivity contribution in [2.45, 2.75) is 24.9 Å². The molecule has 2 heterocycles. The second-order valence-corrected chi connectivity index (χ2v) is 9.21.